The van der Waals surface area contributed by atoms with Crippen molar-refractivity contribution in [2.75, 3.05) is 18.0 Å². The van der Waals surface area contributed by atoms with Gasteiger partial charge in [-0.15, -0.1) is 0 Å². The van der Waals surface area contributed by atoms with Crippen LogP contribution in [0, 0.1) is 5.82 Å². The molecule has 6 heteroatoms. The summed E-state index contributed by atoms with van der Waals surface area (Å²) in [6, 6.07) is 13.3. The number of rotatable bonds is 5. The van der Waals surface area contributed by atoms with Crippen LogP contribution in [0.5, 0.6) is 0 Å². The average molecular weight is 357 g/mol. The lowest BCUT2D eigenvalue weighted by atomic mass is 10.1. The molecule has 138 valence electrons. The second-order valence-electron chi connectivity index (χ2n) is 6.61. The fourth-order valence-corrected chi connectivity index (χ4v) is 3.13. The summed E-state index contributed by atoms with van der Waals surface area (Å²) in [6.45, 7) is 1.50. The highest BCUT2D eigenvalue weighted by atomic mass is 19.1. The van der Waals surface area contributed by atoms with Crippen molar-refractivity contribution in [3.8, 4) is 0 Å². The van der Waals surface area contributed by atoms with E-state index in [0.29, 0.717) is 37.2 Å². The van der Waals surface area contributed by atoms with E-state index in [0.717, 1.165) is 5.56 Å². The number of nitrogens with two attached hydrogens (primary N) is 1. The van der Waals surface area contributed by atoms with Crippen LogP contribution in [0.15, 0.2) is 48.5 Å². The van der Waals surface area contributed by atoms with Gasteiger partial charge >= 0.3 is 0 Å². The minimum Gasteiger partial charge on any atom is -0.393 e. The van der Waals surface area contributed by atoms with Gasteiger partial charge in [0.15, 0.2) is 0 Å². The zero-order valence-electron chi connectivity index (χ0n) is 14.6. The molecule has 1 aliphatic heterocycles. The Morgan fingerprint density at radius 3 is 2.58 bits per heavy atom. The molecule has 0 saturated carbocycles. The van der Waals surface area contributed by atoms with Gasteiger partial charge in [0, 0.05) is 19.6 Å². The molecule has 0 radical (unpaired) electrons. The first kappa shape index (κ1) is 18.4. The number of hydrogen-bond acceptors (Lipinski definition) is 4. The SMILES string of the molecule is N[C@H](C(=O)NCc1ccc(N2CCC(O)CC2)c(F)c1)c1ccccc1. The maximum atomic E-state index is 14.4. The Labute approximate surface area is 152 Å². The summed E-state index contributed by atoms with van der Waals surface area (Å²) in [5, 5.41) is 12.3. The largest absolute Gasteiger partial charge is 0.393 e. The second kappa shape index (κ2) is 8.29. The molecule has 0 aliphatic carbocycles. The van der Waals surface area contributed by atoms with Gasteiger partial charge in [0.25, 0.3) is 0 Å². The van der Waals surface area contributed by atoms with Gasteiger partial charge in [-0.05, 0) is 36.1 Å². The topological polar surface area (TPSA) is 78.6 Å². The molecule has 0 aromatic heterocycles. The van der Waals surface area contributed by atoms with E-state index < -0.39 is 6.04 Å². The van der Waals surface area contributed by atoms with Crippen LogP contribution < -0.4 is 16.0 Å². The normalized spacial score (nSPS) is 16.3. The smallest absolute Gasteiger partial charge is 0.241 e. The van der Waals surface area contributed by atoms with E-state index in [1.165, 1.54) is 6.07 Å². The second-order valence-corrected chi connectivity index (χ2v) is 6.61. The van der Waals surface area contributed by atoms with Crippen molar-refractivity contribution in [3.63, 3.8) is 0 Å². The molecule has 3 rings (SSSR count). The third-order valence-corrected chi connectivity index (χ3v) is 4.73. The summed E-state index contributed by atoms with van der Waals surface area (Å²) in [6.07, 6.45) is 1.00. The summed E-state index contributed by atoms with van der Waals surface area (Å²) in [4.78, 5) is 14.1. The van der Waals surface area contributed by atoms with Crippen molar-refractivity contribution in [2.24, 2.45) is 5.73 Å². The number of carbonyl (C=O) groups excluding carboxylic acids is 1. The van der Waals surface area contributed by atoms with Crippen LogP contribution in [0.3, 0.4) is 0 Å². The van der Waals surface area contributed by atoms with Crippen molar-refractivity contribution in [1.29, 1.82) is 0 Å². The number of amides is 1. The lowest BCUT2D eigenvalue weighted by Gasteiger charge is -2.31. The molecular weight excluding hydrogens is 333 g/mol. The quantitative estimate of drug-likeness (QED) is 0.766. The van der Waals surface area contributed by atoms with E-state index in [1.54, 1.807) is 24.3 Å². The molecule has 26 heavy (non-hydrogen) atoms. The van der Waals surface area contributed by atoms with E-state index in [9.17, 15) is 14.3 Å². The first-order chi connectivity index (χ1) is 12.5. The van der Waals surface area contributed by atoms with Crippen molar-refractivity contribution in [2.45, 2.75) is 31.5 Å². The minimum absolute atomic E-state index is 0.218. The Hall–Kier alpha value is -2.44. The molecule has 0 unspecified atom stereocenters. The molecule has 1 aliphatic rings. The molecule has 5 nitrogen and oxygen atoms in total. The van der Waals surface area contributed by atoms with Gasteiger partial charge in [0.05, 0.1) is 11.8 Å². The van der Waals surface area contributed by atoms with Crippen molar-refractivity contribution >= 4 is 11.6 Å². The summed E-state index contributed by atoms with van der Waals surface area (Å²) >= 11 is 0. The number of hydrogen-bond donors (Lipinski definition) is 3. The molecule has 4 N–H and O–H groups in total. The van der Waals surface area contributed by atoms with Crippen molar-refractivity contribution in [1.82, 2.24) is 5.32 Å². The number of halogens is 1. The zero-order valence-corrected chi connectivity index (χ0v) is 14.6. The lowest BCUT2D eigenvalue weighted by molar-refractivity contribution is -0.122. The van der Waals surface area contributed by atoms with E-state index in [1.807, 2.05) is 23.1 Å². The highest BCUT2D eigenvalue weighted by Crippen LogP contribution is 2.24. The maximum Gasteiger partial charge on any atom is 0.241 e. The molecule has 1 saturated heterocycles. The van der Waals surface area contributed by atoms with Gasteiger partial charge in [-0.2, -0.15) is 0 Å². The summed E-state index contributed by atoms with van der Waals surface area (Å²) in [5.74, 6) is -0.619. The Morgan fingerprint density at radius 1 is 1.23 bits per heavy atom. The maximum absolute atomic E-state index is 14.4. The number of nitrogens with zero attached hydrogens (tertiary/aromatic N) is 1. The van der Waals surface area contributed by atoms with Gasteiger partial charge in [-0.1, -0.05) is 36.4 Å². The fraction of sp³-hybridized carbons (Fsp3) is 0.350. The molecule has 1 fully saturated rings. The number of carbonyl (C=O) groups is 1. The number of piperidine rings is 1. The van der Waals surface area contributed by atoms with Gasteiger partial charge in [0.2, 0.25) is 5.91 Å². The van der Waals surface area contributed by atoms with E-state index >= 15 is 0 Å². The van der Waals surface area contributed by atoms with E-state index in [4.69, 9.17) is 5.73 Å². The number of benzene rings is 2. The van der Waals surface area contributed by atoms with Crippen LogP contribution in [-0.4, -0.2) is 30.2 Å². The predicted molar refractivity (Wildman–Crippen MR) is 99.1 cm³/mol. The molecule has 1 atom stereocenters. The summed E-state index contributed by atoms with van der Waals surface area (Å²) in [7, 11) is 0. The number of aliphatic hydroxyl groups excluding tert-OH is 1. The van der Waals surface area contributed by atoms with Gasteiger partial charge in [-0.3, -0.25) is 4.79 Å². The molecule has 0 bridgehead atoms. The number of aliphatic hydroxyl groups is 1. The summed E-state index contributed by atoms with van der Waals surface area (Å²) in [5.41, 5.74) is 7.90. The third kappa shape index (κ3) is 4.39. The van der Waals surface area contributed by atoms with Crippen molar-refractivity contribution < 1.29 is 14.3 Å². The molecule has 2 aromatic rings. The Kier molecular flexibility index (Phi) is 5.85. The van der Waals surface area contributed by atoms with Crippen LogP contribution in [0.25, 0.3) is 0 Å². The van der Waals surface area contributed by atoms with Crippen LogP contribution in [0.1, 0.15) is 30.0 Å². The Bertz CT molecular complexity index is 746. The van der Waals surface area contributed by atoms with Gasteiger partial charge < -0.3 is 21.1 Å². The molecule has 1 heterocycles. The van der Waals surface area contributed by atoms with Crippen LogP contribution in [0.4, 0.5) is 10.1 Å². The molecule has 2 aromatic carbocycles. The molecule has 0 spiro atoms. The van der Waals surface area contributed by atoms with Crippen LogP contribution >= 0.6 is 0 Å². The zero-order chi connectivity index (χ0) is 18.5. The van der Waals surface area contributed by atoms with Crippen LogP contribution in [0.2, 0.25) is 0 Å². The number of anilines is 1. The average Bonchev–Trinajstić information content (AvgIpc) is 2.67. The lowest BCUT2D eigenvalue weighted by Crippen LogP contribution is -2.36. The minimum atomic E-state index is -0.750. The van der Waals surface area contributed by atoms with Gasteiger partial charge in [-0.25, -0.2) is 4.39 Å². The predicted octanol–water partition coefficient (Wildman–Crippen LogP) is 2.10. The first-order valence-electron chi connectivity index (χ1n) is 8.84. The third-order valence-electron chi connectivity index (χ3n) is 4.73. The monoisotopic (exact) mass is 357 g/mol. The van der Waals surface area contributed by atoms with E-state index in [2.05, 4.69) is 5.32 Å². The Balaban J connectivity index is 1.58. The fourth-order valence-electron chi connectivity index (χ4n) is 3.13. The molecular formula is C20H24FN3O2. The highest BCUT2D eigenvalue weighted by Gasteiger charge is 2.20. The summed E-state index contributed by atoms with van der Waals surface area (Å²) < 4.78 is 14.4. The highest BCUT2D eigenvalue weighted by molar-refractivity contribution is 5.82. The first-order valence-corrected chi connectivity index (χ1v) is 8.84. The molecule has 1 amide bonds. The number of nitrogens with one attached hydrogen (secondary N) is 1. The standard InChI is InChI=1S/C20H24FN3O2/c21-17-12-14(6-7-18(17)24-10-8-16(25)9-11-24)13-23-20(26)19(22)15-4-2-1-3-5-15/h1-7,12,16,19,25H,8-11,13,22H2,(H,23,26)/t19-/m0/s1. The van der Waals surface area contributed by atoms with Gasteiger partial charge in [0.1, 0.15) is 11.9 Å². The van der Waals surface area contributed by atoms with Crippen molar-refractivity contribution in [3.05, 3.63) is 65.5 Å². The van der Waals surface area contributed by atoms with Crippen LogP contribution in [-0.2, 0) is 11.3 Å². The Morgan fingerprint density at radius 2 is 1.92 bits per heavy atom. The van der Waals surface area contributed by atoms with E-state index in [-0.39, 0.29) is 24.4 Å².